The molecule has 0 fully saturated rings. The maximum atomic E-state index is 12.1. The van der Waals surface area contributed by atoms with Gasteiger partial charge in [0, 0.05) is 17.1 Å². The fourth-order valence-corrected chi connectivity index (χ4v) is 2.75. The maximum absolute atomic E-state index is 12.1. The van der Waals surface area contributed by atoms with E-state index in [-0.39, 0.29) is 10.5 Å². The number of rotatable bonds is 4. The highest BCUT2D eigenvalue weighted by Gasteiger charge is 2.18. The number of halogens is 1. The minimum Gasteiger partial charge on any atom is -0.326 e. The molecule has 5 nitrogen and oxygen atoms in total. The first-order valence-corrected chi connectivity index (χ1v) is 7.90. The van der Waals surface area contributed by atoms with Gasteiger partial charge in [0.25, 0.3) is 15.9 Å². The predicted octanol–water partition coefficient (Wildman–Crippen LogP) is 1.92. The second-order valence-corrected chi connectivity index (χ2v) is 6.41. The molecule has 7 heteroatoms. The van der Waals surface area contributed by atoms with E-state index in [2.05, 4.69) is 0 Å². The first-order chi connectivity index (χ1) is 9.92. The van der Waals surface area contributed by atoms with E-state index >= 15 is 0 Å². The topological polar surface area (TPSA) is 89.3 Å². The van der Waals surface area contributed by atoms with Crippen molar-refractivity contribution in [3.05, 3.63) is 64.7 Å². The smallest absolute Gasteiger partial charge is 0.264 e. The Morgan fingerprint density at radius 3 is 2.14 bits per heavy atom. The molecule has 0 aliphatic rings. The highest BCUT2D eigenvalue weighted by atomic mass is 35.5. The molecular formula is C14H13ClN2O3S. The van der Waals surface area contributed by atoms with Gasteiger partial charge in [-0.1, -0.05) is 23.7 Å². The molecule has 2 aromatic carbocycles. The lowest BCUT2D eigenvalue weighted by atomic mass is 10.2. The first-order valence-electron chi connectivity index (χ1n) is 6.04. The van der Waals surface area contributed by atoms with Crippen molar-refractivity contribution in [2.75, 3.05) is 0 Å². The summed E-state index contributed by atoms with van der Waals surface area (Å²) in [6, 6.07) is 11.9. The number of nitrogens with one attached hydrogen (secondary N) is 1. The summed E-state index contributed by atoms with van der Waals surface area (Å²) in [7, 11) is -3.92. The zero-order valence-corrected chi connectivity index (χ0v) is 12.5. The number of carbonyl (C=O) groups excluding carboxylic acids is 1. The maximum Gasteiger partial charge on any atom is 0.264 e. The Labute approximate surface area is 127 Å². The molecule has 0 aliphatic heterocycles. The van der Waals surface area contributed by atoms with Crippen LogP contribution in [0.25, 0.3) is 0 Å². The molecule has 0 saturated carbocycles. The van der Waals surface area contributed by atoms with Crippen LogP contribution in [0.5, 0.6) is 0 Å². The van der Waals surface area contributed by atoms with Crippen molar-refractivity contribution >= 4 is 27.5 Å². The van der Waals surface area contributed by atoms with Gasteiger partial charge in [0.15, 0.2) is 0 Å². The van der Waals surface area contributed by atoms with E-state index < -0.39 is 15.9 Å². The lowest BCUT2D eigenvalue weighted by molar-refractivity contribution is 0.0981. The van der Waals surface area contributed by atoms with Crippen LogP contribution in [0.15, 0.2) is 53.4 Å². The highest BCUT2D eigenvalue weighted by Crippen LogP contribution is 2.13. The lowest BCUT2D eigenvalue weighted by Gasteiger charge is -2.07. The molecule has 0 saturated heterocycles. The summed E-state index contributed by atoms with van der Waals surface area (Å²) < 4.78 is 26.2. The van der Waals surface area contributed by atoms with Crippen LogP contribution in [0, 0.1) is 0 Å². The lowest BCUT2D eigenvalue weighted by Crippen LogP contribution is -2.30. The molecule has 0 spiro atoms. The monoisotopic (exact) mass is 324 g/mol. The number of hydrogen-bond donors (Lipinski definition) is 2. The van der Waals surface area contributed by atoms with Gasteiger partial charge in [0.1, 0.15) is 0 Å². The van der Waals surface area contributed by atoms with Crippen molar-refractivity contribution in [2.45, 2.75) is 11.4 Å². The van der Waals surface area contributed by atoms with E-state index in [9.17, 15) is 13.2 Å². The summed E-state index contributed by atoms with van der Waals surface area (Å²) >= 11 is 5.71. The predicted molar refractivity (Wildman–Crippen MR) is 80.4 cm³/mol. The van der Waals surface area contributed by atoms with Gasteiger partial charge in [-0.25, -0.2) is 13.1 Å². The third-order valence-electron chi connectivity index (χ3n) is 2.80. The van der Waals surface area contributed by atoms with Gasteiger partial charge in [-0.2, -0.15) is 0 Å². The van der Waals surface area contributed by atoms with E-state index in [0.717, 1.165) is 5.56 Å². The molecule has 21 heavy (non-hydrogen) atoms. The van der Waals surface area contributed by atoms with Crippen LogP contribution in [0.1, 0.15) is 15.9 Å². The number of benzene rings is 2. The highest BCUT2D eigenvalue weighted by molar-refractivity contribution is 7.90. The fraction of sp³-hybridized carbons (Fsp3) is 0.0714. The van der Waals surface area contributed by atoms with Crippen LogP contribution < -0.4 is 10.5 Å². The molecule has 0 atom stereocenters. The van der Waals surface area contributed by atoms with Crippen LogP contribution in [-0.2, 0) is 16.6 Å². The summed E-state index contributed by atoms with van der Waals surface area (Å²) in [5, 5.41) is 0.465. The standard InChI is InChI=1S/C14H13ClN2O3S/c15-12-5-3-11(4-6-12)14(18)17-21(19,20)13-7-1-10(9-16)2-8-13/h1-8H,9,16H2,(H,17,18). The third kappa shape index (κ3) is 3.81. The Balaban J connectivity index is 2.20. The summed E-state index contributed by atoms with van der Waals surface area (Å²) in [6.45, 7) is 0.317. The van der Waals surface area contributed by atoms with Gasteiger partial charge in [0.05, 0.1) is 4.90 Å². The quantitative estimate of drug-likeness (QED) is 0.899. The van der Waals surface area contributed by atoms with Crippen molar-refractivity contribution in [2.24, 2.45) is 5.73 Å². The molecule has 1 amide bonds. The number of nitrogens with two attached hydrogens (primary N) is 1. The van der Waals surface area contributed by atoms with Crippen LogP contribution in [0.4, 0.5) is 0 Å². The zero-order valence-electron chi connectivity index (χ0n) is 10.9. The van der Waals surface area contributed by atoms with Crippen molar-refractivity contribution < 1.29 is 13.2 Å². The second-order valence-electron chi connectivity index (χ2n) is 4.29. The molecule has 0 aromatic heterocycles. The van der Waals surface area contributed by atoms with Crippen LogP contribution in [-0.4, -0.2) is 14.3 Å². The Morgan fingerprint density at radius 2 is 1.62 bits per heavy atom. The van der Waals surface area contributed by atoms with Crippen LogP contribution in [0.2, 0.25) is 5.02 Å². The molecule has 0 aliphatic carbocycles. The van der Waals surface area contributed by atoms with Gasteiger partial charge in [-0.15, -0.1) is 0 Å². The Bertz CT molecular complexity index is 741. The van der Waals surface area contributed by atoms with E-state index in [4.69, 9.17) is 17.3 Å². The second kappa shape index (κ2) is 6.26. The van der Waals surface area contributed by atoms with Gasteiger partial charge in [-0.05, 0) is 42.0 Å². The summed E-state index contributed by atoms with van der Waals surface area (Å²) in [4.78, 5) is 11.9. The minimum atomic E-state index is -3.92. The van der Waals surface area contributed by atoms with Gasteiger partial charge in [0.2, 0.25) is 0 Å². The molecular weight excluding hydrogens is 312 g/mol. The Hall–Kier alpha value is -1.89. The minimum absolute atomic E-state index is 0.00186. The van der Waals surface area contributed by atoms with Crippen molar-refractivity contribution in [3.8, 4) is 0 Å². The molecule has 3 N–H and O–H groups in total. The van der Waals surface area contributed by atoms with E-state index in [0.29, 0.717) is 11.6 Å². The molecule has 2 rings (SSSR count). The molecule has 0 heterocycles. The molecule has 2 aromatic rings. The van der Waals surface area contributed by atoms with Crippen molar-refractivity contribution in [1.82, 2.24) is 4.72 Å². The molecule has 0 bridgehead atoms. The molecule has 0 unspecified atom stereocenters. The fourth-order valence-electron chi connectivity index (χ4n) is 1.65. The summed E-state index contributed by atoms with van der Waals surface area (Å²) in [5.41, 5.74) is 6.46. The van der Waals surface area contributed by atoms with E-state index in [1.54, 1.807) is 12.1 Å². The average Bonchev–Trinajstić information content (AvgIpc) is 2.47. The Kier molecular flexibility index (Phi) is 4.62. The summed E-state index contributed by atoms with van der Waals surface area (Å²) in [5.74, 6) is -0.713. The van der Waals surface area contributed by atoms with E-state index in [1.165, 1.54) is 36.4 Å². The van der Waals surface area contributed by atoms with Gasteiger partial charge < -0.3 is 5.73 Å². The van der Waals surface area contributed by atoms with Crippen molar-refractivity contribution in [1.29, 1.82) is 0 Å². The van der Waals surface area contributed by atoms with Crippen LogP contribution >= 0.6 is 11.6 Å². The summed E-state index contributed by atoms with van der Waals surface area (Å²) in [6.07, 6.45) is 0. The number of carbonyl (C=O) groups is 1. The SMILES string of the molecule is NCc1ccc(S(=O)(=O)NC(=O)c2ccc(Cl)cc2)cc1. The zero-order chi connectivity index (χ0) is 15.5. The largest absolute Gasteiger partial charge is 0.326 e. The molecule has 110 valence electrons. The normalized spacial score (nSPS) is 11.1. The Morgan fingerprint density at radius 1 is 1.05 bits per heavy atom. The van der Waals surface area contributed by atoms with Gasteiger partial charge in [-0.3, -0.25) is 4.79 Å². The van der Waals surface area contributed by atoms with Gasteiger partial charge >= 0.3 is 0 Å². The number of hydrogen-bond acceptors (Lipinski definition) is 4. The number of amides is 1. The molecule has 0 radical (unpaired) electrons. The van der Waals surface area contributed by atoms with E-state index in [1.807, 2.05) is 4.72 Å². The van der Waals surface area contributed by atoms with Crippen molar-refractivity contribution in [3.63, 3.8) is 0 Å². The average molecular weight is 325 g/mol. The number of sulfonamides is 1. The van der Waals surface area contributed by atoms with Crippen LogP contribution in [0.3, 0.4) is 0 Å². The first kappa shape index (κ1) is 15.5. The third-order valence-corrected chi connectivity index (χ3v) is 4.40.